The monoisotopic (exact) mass is 313 g/mol. The fourth-order valence-electron chi connectivity index (χ4n) is 2.48. The quantitative estimate of drug-likeness (QED) is 0.334. The number of methoxy groups -OCH3 is 1. The number of rotatable bonds is 7. The second-order valence-corrected chi connectivity index (χ2v) is 6.05. The van der Waals surface area contributed by atoms with Gasteiger partial charge >= 0.3 is 5.97 Å². The molecule has 0 unspecified atom stereocenters. The zero-order valence-corrected chi connectivity index (χ0v) is 14.4. The van der Waals surface area contributed by atoms with Gasteiger partial charge in [0.1, 0.15) is 0 Å². The zero-order chi connectivity index (χ0) is 16.4. The van der Waals surface area contributed by atoms with Gasteiger partial charge in [0.05, 0.1) is 19.6 Å². The largest absolute Gasteiger partial charge is 0.469 e. The predicted molar refractivity (Wildman–Crippen MR) is 87.9 cm³/mol. The molecule has 1 saturated heterocycles. The Balaban J connectivity index is 2.21. The molecule has 1 aliphatic rings. The van der Waals surface area contributed by atoms with Crippen LogP contribution in [-0.2, 0) is 14.3 Å². The maximum atomic E-state index is 11.5. The van der Waals surface area contributed by atoms with Gasteiger partial charge < -0.3 is 19.7 Å². The van der Waals surface area contributed by atoms with Gasteiger partial charge in [-0.3, -0.25) is 9.79 Å². The lowest BCUT2D eigenvalue weighted by atomic mass is 9.97. The molecule has 22 heavy (non-hydrogen) atoms. The number of ether oxygens (including phenoxy) is 2. The van der Waals surface area contributed by atoms with Crippen molar-refractivity contribution in [1.29, 1.82) is 0 Å². The normalized spacial score (nSPS) is 17.0. The van der Waals surface area contributed by atoms with E-state index in [1.54, 1.807) is 7.05 Å². The number of guanidine groups is 1. The summed E-state index contributed by atoms with van der Waals surface area (Å²) in [5.41, 5.74) is 0. The van der Waals surface area contributed by atoms with E-state index in [1.165, 1.54) is 7.11 Å². The topological polar surface area (TPSA) is 63.2 Å². The predicted octanol–water partition coefficient (Wildman–Crippen LogP) is 1.51. The van der Waals surface area contributed by atoms with Crippen LogP contribution in [-0.4, -0.2) is 63.8 Å². The minimum Gasteiger partial charge on any atom is -0.469 e. The molecular weight excluding hydrogens is 282 g/mol. The zero-order valence-electron chi connectivity index (χ0n) is 14.4. The fourth-order valence-corrected chi connectivity index (χ4v) is 2.48. The van der Waals surface area contributed by atoms with Gasteiger partial charge in [0.15, 0.2) is 5.96 Å². The first-order chi connectivity index (χ1) is 10.6. The summed E-state index contributed by atoms with van der Waals surface area (Å²) in [6.45, 7) is 8.29. The van der Waals surface area contributed by atoms with Gasteiger partial charge in [-0.2, -0.15) is 0 Å². The molecule has 0 bridgehead atoms. The number of carbonyl (C=O) groups excluding carboxylic acids is 1. The van der Waals surface area contributed by atoms with Gasteiger partial charge in [0.2, 0.25) is 0 Å². The number of carbonyl (C=O) groups is 1. The first-order valence-electron chi connectivity index (χ1n) is 8.19. The lowest BCUT2D eigenvalue weighted by Gasteiger charge is -2.33. The van der Waals surface area contributed by atoms with E-state index < -0.39 is 0 Å². The van der Waals surface area contributed by atoms with Crippen molar-refractivity contribution in [1.82, 2.24) is 10.2 Å². The molecule has 0 amide bonds. The fraction of sp³-hybridized carbons (Fsp3) is 0.875. The van der Waals surface area contributed by atoms with Crippen molar-refractivity contribution in [3.8, 4) is 0 Å². The molecule has 1 fully saturated rings. The van der Waals surface area contributed by atoms with Crippen molar-refractivity contribution < 1.29 is 14.3 Å². The molecule has 1 aliphatic heterocycles. The van der Waals surface area contributed by atoms with Crippen LogP contribution in [0.5, 0.6) is 0 Å². The number of hydrogen-bond acceptors (Lipinski definition) is 4. The molecule has 1 rings (SSSR count). The summed E-state index contributed by atoms with van der Waals surface area (Å²) in [7, 11) is 3.24. The number of piperidine rings is 1. The Bertz CT molecular complexity index is 351. The van der Waals surface area contributed by atoms with Crippen molar-refractivity contribution >= 4 is 11.9 Å². The highest BCUT2D eigenvalue weighted by atomic mass is 16.5. The molecule has 0 spiro atoms. The Kier molecular flexibility index (Phi) is 8.89. The van der Waals surface area contributed by atoms with Crippen molar-refractivity contribution in [2.24, 2.45) is 16.8 Å². The van der Waals surface area contributed by atoms with E-state index in [2.05, 4.69) is 29.1 Å². The highest BCUT2D eigenvalue weighted by Gasteiger charge is 2.26. The third-order valence-corrected chi connectivity index (χ3v) is 3.91. The van der Waals surface area contributed by atoms with Crippen LogP contribution in [0.3, 0.4) is 0 Å². The molecule has 0 aromatic heterocycles. The lowest BCUT2D eigenvalue weighted by molar-refractivity contribution is -0.146. The summed E-state index contributed by atoms with van der Waals surface area (Å²) in [6.07, 6.45) is 2.73. The van der Waals surface area contributed by atoms with E-state index in [1.807, 2.05) is 0 Å². The summed E-state index contributed by atoms with van der Waals surface area (Å²) >= 11 is 0. The van der Waals surface area contributed by atoms with E-state index in [4.69, 9.17) is 9.47 Å². The third kappa shape index (κ3) is 6.64. The third-order valence-electron chi connectivity index (χ3n) is 3.91. The van der Waals surface area contributed by atoms with Gasteiger partial charge in [0.25, 0.3) is 0 Å². The van der Waals surface area contributed by atoms with Crippen molar-refractivity contribution in [3.63, 3.8) is 0 Å². The molecule has 0 aromatic rings. The van der Waals surface area contributed by atoms with Gasteiger partial charge in [-0.25, -0.2) is 0 Å². The molecule has 0 aliphatic carbocycles. The maximum Gasteiger partial charge on any atom is 0.308 e. The molecule has 0 radical (unpaired) electrons. The number of hydrogen-bond donors (Lipinski definition) is 1. The van der Waals surface area contributed by atoms with Crippen LogP contribution in [0.15, 0.2) is 4.99 Å². The second kappa shape index (κ2) is 10.4. The number of aliphatic imine (C=N–C) groups is 1. The van der Waals surface area contributed by atoms with Crippen LogP contribution in [0.2, 0.25) is 0 Å². The summed E-state index contributed by atoms with van der Waals surface area (Å²) in [4.78, 5) is 18.0. The SMILES string of the molecule is CN=C(NCCOCCC(C)C)N1CCC(C(=O)OC)CC1. The molecule has 1 heterocycles. The van der Waals surface area contributed by atoms with Gasteiger partial charge in [0, 0.05) is 33.3 Å². The standard InChI is InChI=1S/C16H31N3O3/c1-13(2)7-11-22-12-8-18-16(17-3)19-9-5-14(6-10-19)15(20)21-4/h13-14H,5-12H2,1-4H3,(H,17,18). The Morgan fingerprint density at radius 1 is 1.32 bits per heavy atom. The smallest absolute Gasteiger partial charge is 0.308 e. The molecule has 0 saturated carbocycles. The van der Waals surface area contributed by atoms with Gasteiger partial charge in [-0.1, -0.05) is 13.8 Å². The van der Waals surface area contributed by atoms with Crippen LogP contribution in [0.1, 0.15) is 33.1 Å². The van der Waals surface area contributed by atoms with E-state index in [-0.39, 0.29) is 11.9 Å². The van der Waals surface area contributed by atoms with Crippen LogP contribution >= 0.6 is 0 Å². The molecular formula is C16H31N3O3. The number of esters is 1. The number of nitrogens with zero attached hydrogens (tertiary/aromatic N) is 2. The minimum absolute atomic E-state index is 0.0266. The summed E-state index contributed by atoms with van der Waals surface area (Å²) in [6, 6.07) is 0. The maximum absolute atomic E-state index is 11.5. The van der Waals surface area contributed by atoms with Gasteiger partial charge in [-0.15, -0.1) is 0 Å². The second-order valence-electron chi connectivity index (χ2n) is 6.05. The average molecular weight is 313 g/mol. The lowest BCUT2D eigenvalue weighted by Crippen LogP contribution is -2.47. The molecule has 128 valence electrons. The van der Waals surface area contributed by atoms with Crippen molar-refractivity contribution in [2.75, 3.05) is 47.0 Å². The molecule has 6 nitrogen and oxygen atoms in total. The Hall–Kier alpha value is -1.30. The number of nitrogens with one attached hydrogen (secondary N) is 1. The minimum atomic E-state index is -0.0962. The van der Waals surface area contributed by atoms with E-state index >= 15 is 0 Å². The first kappa shape index (κ1) is 18.7. The van der Waals surface area contributed by atoms with E-state index in [9.17, 15) is 4.79 Å². The average Bonchev–Trinajstić information content (AvgIpc) is 2.53. The summed E-state index contributed by atoms with van der Waals surface area (Å²) < 4.78 is 10.4. The Morgan fingerprint density at radius 2 is 2.00 bits per heavy atom. The summed E-state index contributed by atoms with van der Waals surface area (Å²) in [5.74, 6) is 1.49. The van der Waals surface area contributed by atoms with E-state index in [0.29, 0.717) is 12.5 Å². The first-order valence-corrected chi connectivity index (χ1v) is 8.19. The van der Waals surface area contributed by atoms with E-state index in [0.717, 1.165) is 51.5 Å². The Morgan fingerprint density at radius 3 is 2.55 bits per heavy atom. The molecule has 6 heteroatoms. The molecule has 0 atom stereocenters. The summed E-state index contributed by atoms with van der Waals surface area (Å²) in [5, 5.41) is 3.32. The van der Waals surface area contributed by atoms with Crippen LogP contribution in [0.4, 0.5) is 0 Å². The van der Waals surface area contributed by atoms with Crippen LogP contribution < -0.4 is 5.32 Å². The molecule has 0 aromatic carbocycles. The van der Waals surface area contributed by atoms with Crippen LogP contribution in [0.25, 0.3) is 0 Å². The Labute approximate surface area is 134 Å². The molecule has 1 N–H and O–H groups in total. The van der Waals surface area contributed by atoms with Crippen molar-refractivity contribution in [3.05, 3.63) is 0 Å². The van der Waals surface area contributed by atoms with Crippen LogP contribution in [0, 0.1) is 11.8 Å². The van der Waals surface area contributed by atoms with Gasteiger partial charge in [-0.05, 0) is 25.2 Å². The highest BCUT2D eigenvalue weighted by molar-refractivity contribution is 5.80. The van der Waals surface area contributed by atoms with Crippen molar-refractivity contribution in [2.45, 2.75) is 33.1 Å². The highest BCUT2D eigenvalue weighted by Crippen LogP contribution is 2.18. The number of likely N-dealkylation sites (tertiary alicyclic amines) is 1.